The highest BCUT2D eigenvalue weighted by Crippen LogP contribution is 2.32. The molecule has 0 saturated carbocycles. The third kappa shape index (κ3) is 4.85. The number of carbonyl (C=O) groups excluding carboxylic acids is 2. The van der Waals surface area contributed by atoms with Gasteiger partial charge in [0.15, 0.2) is 0 Å². The normalized spacial score (nSPS) is 16.5. The Bertz CT molecular complexity index is 736. The van der Waals surface area contributed by atoms with Crippen molar-refractivity contribution in [2.45, 2.75) is 26.2 Å². The van der Waals surface area contributed by atoms with E-state index in [0.717, 1.165) is 6.42 Å². The summed E-state index contributed by atoms with van der Waals surface area (Å²) < 4.78 is 25.6. The molecular formula is C15H20ClN3O4S. The second kappa shape index (κ2) is 7.85. The molecule has 1 saturated heterocycles. The summed E-state index contributed by atoms with van der Waals surface area (Å²) in [6.07, 6.45) is 1.58. The minimum absolute atomic E-state index is 0.116. The maximum Gasteiger partial charge on any atom is 0.235 e. The lowest BCUT2D eigenvalue weighted by atomic mass is 10.2. The Morgan fingerprint density at radius 2 is 2.04 bits per heavy atom. The van der Waals surface area contributed by atoms with Crippen molar-refractivity contribution in [2.75, 3.05) is 28.5 Å². The number of sulfonamides is 1. The maximum atomic E-state index is 12.1. The highest BCUT2D eigenvalue weighted by atomic mass is 35.5. The molecule has 0 spiro atoms. The molecule has 1 aliphatic rings. The molecule has 132 valence electrons. The molecule has 2 rings (SSSR count). The Balaban J connectivity index is 2.04. The van der Waals surface area contributed by atoms with Crippen molar-refractivity contribution in [3.8, 4) is 0 Å². The lowest BCUT2D eigenvalue weighted by molar-refractivity contribution is -0.119. The number of hydrogen-bond donors (Lipinski definition) is 2. The Morgan fingerprint density at radius 1 is 1.29 bits per heavy atom. The van der Waals surface area contributed by atoms with E-state index in [4.69, 9.17) is 11.6 Å². The zero-order valence-corrected chi connectivity index (χ0v) is 14.9. The quantitative estimate of drug-likeness (QED) is 0.821. The number of amides is 2. The van der Waals surface area contributed by atoms with Gasteiger partial charge in [0.05, 0.1) is 16.5 Å². The molecule has 7 nitrogen and oxygen atoms in total. The largest absolute Gasteiger partial charge is 0.356 e. The summed E-state index contributed by atoms with van der Waals surface area (Å²) in [5, 5.41) is 5.46. The molecule has 0 unspecified atom stereocenters. The third-order valence-electron chi connectivity index (χ3n) is 3.58. The lowest BCUT2D eigenvalue weighted by Crippen LogP contribution is -2.38. The summed E-state index contributed by atoms with van der Waals surface area (Å²) in [6, 6.07) is 4.73. The van der Waals surface area contributed by atoms with Crippen LogP contribution < -0.4 is 14.9 Å². The third-order valence-corrected chi connectivity index (χ3v) is 5.73. The van der Waals surface area contributed by atoms with Gasteiger partial charge in [0, 0.05) is 32.1 Å². The number of hydrogen-bond acceptors (Lipinski definition) is 4. The number of nitrogens with one attached hydrogen (secondary N) is 2. The zero-order valence-electron chi connectivity index (χ0n) is 13.3. The highest BCUT2D eigenvalue weighted by Gasteiger charge is 2.27. The fraction of sp³-hybridized carbons (Fsp3) is 0.467. The maximum absolute atomic E-state index is 12.1. The van der Waals surface area contributed by atoms with Gasteiger partial charge in [-0.2, -0.15) is 0 Å². The Kier molecular flexibility index (Phi) is 6.06. The molecule has 0 bridgehead atoms. The van der Waals surface area contributed by atoms with E-state index in [1.807, 2.05) is 0 Å². The smallest absolute Gasteiger partial charge is 0.235 e. The summed E-state index contributed by atoms with van der Waals surface area (Å²) in [7, 11) is -3.33. The second-order valence-corrected chi connectivity index (χ2v) is 7.96. The van der Waals surface area contributed by atoms with Gasteiger partial charge in [0.25, 0.3) is 0 Å². The van der Waals surface area contributed by atoms with Crippen LogP contribution in [0.5, 0.6) is 0 Å². The van der Waals surface area contributed by atoms with Crippen molar-refractivity contribution in [2.24, 2.45) is 0 Å². The molecule has 0 aliphatic carbocycles. The Hall–Kier alpha value is -1.80. The molecule has 2 amide bonds. The molecule has 0 aromatic heterocycles. The van der Waals surface area contributed by atoms with Crippen molar-refractivity contribution in [3.63, 3.8) is 0 Å². The van der Waals surface area contributed by atoms with Crippen LogP contribution in [-0.4, -0.2) is 39.1 Å². The van der Waals surface area contributed by atoms with Gasteiger partial charge < -0.3 is 10.6 Å². The zero-order chi connectivity index (χ0) is 17.7. The van der Waals surface area contributed by atoms with Crippen molar-refractivity contribution in [1.29, 1.82) is 0 Å². The standard InChI is InChI=1S/C15H20ClN3O4S/c1-11(20)17-7-6-15(21)18-12-4-5-14(13(16)10-12)19-8-2-3-9-24(19,22)23/h4-5,10H,2-3,6-9H2,1H3,(H,17,20)(H,18,21). The highest BCUT2D eigenvalue weighted by molar-refractivity contribution is 7.92. The first-order valence-electron chi connectivity index (χ1n) is 7.64. The molecule has 1 aromatic rings. The lowest BCUT2D eigenvalue weighted by Gasteiger charge is -2.29. The van der Waals surface area contributed by atoms with Crippen molar-refractivity contribution in [1.82, 2.24) is 5.32 Å². The van der Waals surface area contributed by atoms with E-state index in [1.165, 1.54) is 17.3 Å². The van der Waals surface area contributed by atoms with Gasteiger partial charge in [-0.15, -0.1) is 0 Å². The van der Waals surface area contributed by atoms with Gasteiger partial charge in [-0.25, -0.2) is 8.42 Å². The first-order valence-corrected chi connectivity index (χ1v) is 9.62. The summed E-state index contributed by atoms with van der Waals surface area (Å²) in [4.78, 5) is 22.5. The van der Waals surface area contributed by atoms with Gasteiger partial charge in [-0.05, 0) is 31.0 Å². The monoisotopic (exact) mass is 373 g/mol. The number of rotatable bonds is 5. The minimum atomic E-state index is -3.33. The van der Waals surface area contributed by atoms with Crippen LogP contribution >= 0.6 is 11.6 Å². The second-order valence-electron chi connectivity index (χ2n) is 5.54. The molecule has 1 aliphatic heterocycles. The molecule has 24 heavy (non-hydrogen) atoms. The number of anilines is 2. The van der Waals surface area contributed by atoms with Gasteiger partial charge in [-0.3, -0.25) is 13.9 Å². The van der Waals surface area contributed by atoms with Crippen LogP contribution in [0.25, 0.3) is 0 Å². The summed E-state index contributed by atoms with van der Waals surface area (Å²) in [5.74, 6) is -0.346. The van der Waals surface area contributed by atoms with Crippen molar-refractivity contribution in [3.05, 3.63) is 23.2 Å². The van der Waals surface area contributed by atoms with Gasteiger partial charge in [0.1, 0.15) is 0 Å². The van der Waals surface area contributed by atoms with Crippen LogP contribution in [0, 0.1) is 0 Å². The number of benzene rings is 1. The fourth-order valence-electron chi connectivity index (χ4n) is 2.42. The van der Waals surface area contributed by atoms with E-state index < -0.39 is 10.0 Å². The van der Waals surface area contributed by atoms with Crippen molar-refractivity contribution < 1.29 is 18.0 Å². The van der Waals surface area contributed by atoms with Gasteiger partial charge in [0.2, 0.25) is 21.8 Å². The van der Waals surface area contributed by atoms with Crippen LogP contribution in [0.15, 0.2) is 18.2 Å². The molecule has 1 heterocycles. The molecule has 1 fully saturated rings. The van der Waals surface area contributed by atoms with Crippen LogP contribution in [-0.2, 0) is 19.6 Å². The summed E-state index contributed by atoms with van der Waals surface area (Å²) in [6.45, 7) is 2.04. The van der Waals surface area contributed by atoms with E-state index >= 15 is 0 Å². The number of halogens is 1. The van der Waals surface area contributed by atoms with E-state index in [0.29, 0.717) is 24.3 Å². The molecule has 0 atom stereocenters. The van der Waals surface area contributed by atoms with E-state index in [2.05, 4.69) is 10.6 Å². The van der Waals surface area contributed by atoms with Crippen LogP contribution in [0.2, 0.25) is 5.02 Å². The van der Waals surface area contributed by atoms with Gasteiger partial charge in [-0.1, -0.05) is 11.6 Å². The average Bonchev–Trinajstić information content (AvgIpc) is 2.47. The molecule has 2 N–H and O–H groups in total. The summed E-state index contributed by atoms with van der Waals surface area (Å²) >= 11 is 6.20. The topological polar surface area (TPSA) is 95.6 Å². The average molecular weight is 374 g/mol. The van der Waals surface area contributed by atoms with Crippen LogP contribution in [0.3, 0.4) is 0 Å². The minimum Gasteiger partial charge on any atom is -0.356 e. The van der Waals surface area contributed by atoms with E-state index in [1.54, 1.807) is 12.1 Å². The first-order chi connectivity index (χ1) is 11.3. The molecule has 0 radical (unpaired) electrons. The summed E-state index contributed by atoms with van der Waals surface area (Å²) in [5.41, 5.74) is 0.901. The first kappa shape index (κ1) is 18.5. The predicted octanol–water partition coefficient (Wildman–Crippen LogP) is 1.73. The van der Waals surface area contributed by atoms with E-state index in [-0.39, 0.29) is 35.6 Å². The SMILES string of the molecule is CC(=O)NCCC(=O)Nc1ccc(N2CCCCS2(=O)=O)c(Cl)c1. The number of carbonyl (C=O) groups is 2. The molecular weight excluding hydrogens is 354 g/mol. The molecule has 9 heteroatoms. The van der Waals surface area contributed by atoms with Crippen molar-refractivity contribution >= 4 is 44.8 Å². The van der Waals surface area contributed by atoms with Gasteiger partial charge >= 0.3 is 0 Å². The Morgan fingerprint density at radius 3 is 2.67 bits per heavy atom. The molecule has 1 aromatic carbocycles. The predicted molar refractivity (Wildman–Crippen MR) is 93.7 cm³/mol. The van der Waals surface area contributed by atoms with Crippen LogP contribution in [0.1, 0.15) is 26.2 Å². The van der Waals surface area contributed by atoms with E-state index in [9.17, 15) is 18.0 Å². The number of nitrogens with zero attached hydrogens (tertiary/aromatic N) is 1. The van der Waals surface area contributed by atoms with Crippen LogP contribution in [0.4, 0.5) is 11.4 Å². The fourth-order valence-corrected chi connectivity index (χ4v) is 4.41. The Labute approximate surface area is 146 Å².